The Balaban J connectivity index is 0.000000175. The number of fused-ring (bicyclic) bond motifs is 8. The molecular weight excluding hydrogens is 1060 g/mol. The van der Waals surface area contributed by atoms with Gasteiger partial charge in [0.05, 0.1) is 16.5 Å². The van der Waals surface area contributed by atoms with E-state index in [1.54, 1.807) is 12.1 Å². The Bertz CT molecular complexity index is 4190. The van der Waals surface area contributed by atoms with Gasteiger partial charge in [-0.3, -0.25) is 8.42 Å². The zero-order chi connectivity index (χ0) is 58.9. The molecule has 0 bridgehead atoms. The lowest BCUT2D eigenvalue weighted by atomic mass is 9.66. The lowest BCUT2D eigenvalue weighted by Gasteiger charge is -2.36. The third-order valence-electron chi connectivity index (χ3n) is 16.6. The van der Waals surface area contributed by atoms with Crippen molar-refractivity contribution in [2.24, 2.45) is 0 Å². The van der Waals surface area contributed by atoms with Crippen LogP contribution in [0.5, 0.6) is 5.75 Å². The number of benzene rings is 10. The van der Waals surface area contributed by atoms with E-state index in [-0.39, 0.29) is 17.6 Å². The van der Waals surface area contributed by atoms with Gasteiger partial charge in [-0.25, -0.2) is 0 Å². The average molecular weight is 1130 g/mol. The molecule has 12 rings (SSSR count). The van der Waals surface area contributed by atoms with Crippen molar-refractivity contribution in [2.45, 2.75) is 66.2 Å². The Morgan fingerprint density at radius 3 is 1.04 bits per heavy atom. The Morgan fingerprint density at radius 2 is 0.695 bits per heavy atom. The van der Waals surface area contributed by atoms with Crippen LogP contribution in [-0.4, -0.2) is 28.8 Å². The second-order valence-electron chi connectivity index (χ2n) is 21.5. The van der Waals surface area contributed by atoms with Gasteiger partial charge in [0.15, 0.2) is 0 Å². The summed E-state index contributed by atoms with van der Waals surface area (Å²) in [5.74, 6) is -0.146. The smallest absolute Gasteiger partial charge is 0.373 e. The van der Waals surface area contributed by atoms with E-state index in [0.29, 0.717) is 5.69 Å². The molecule has 0 spiro atoms. The van der Waals surface area contributed by atoms with E-state index >= 15 is 0 Å². The molecule has 2 atom stereocenters. The Kier molecular flexibility index (Phi) is 14.7. The minimum atomic E-state index is -2.62. The highest BCUT2D eigenvalue weighted by atomic mass is 32.2. The number of anilines is 6. The standard InChI is InChI=1S/C33H31N3O3S.C33H31N3O2S.CO2/c1-17-9-23(10-18(2)31(17)34)33(24-11-19(3)32(35)20(4)12-24)27-14-22-8-6-5-7-21(22)13-25(27)26-15-30(37)29(16-28(26)33)36-40(38)39;1-18-11-24(12-19(2)31(18)34)33(25-13-20(3)32(35)21(4)14-25)29-10-9-26(36-39(37)38)17-28(29)27-15-22-7-5-6-8-23(22)16-30(27)33;2-1-3/h5-16,36-37H,34-35H2,1-4H3,(H,38,39);5-17,36H,34-35H2,1-4H3,(H,37,38);/p-2. The molecule has 0 aromatic heterocycles. The Labute approximate surface area is 481 Å². The first-order valence-corrected chi connectivity index (χ1v) is 28.5. The molecule has 0 amide bonds. The fourth-order valence-electron chi connectivity index (χ4n) is 12.7. The highest BCUT2D eigenvalue weighted by molar-refractivity contribution is 7.80. The van der Waals surface area contributed by atoms with Crippen molar-refractivity contribution in [1.29, 1.82) is 0 Å². The van der Waals surface area contributed by atoms with E-state index in [0.717, 1.165) is 156 Å². The third-order valence-corrected chi connectivity index (χ3v) is 17.4. The molecule has 2 aliphatic carbocycles. The zero-order valence-electron chi connectivity index (χ0n) is 46.5. The summed E-state index contributed by atoms with van der Waals surface area (Å²) in [6.45, 7) is 16.2. The molecule has 13 nitrogen and oxygen atoms in total. The molecule has 0 saturated heterocycles. The molecule has 10 aromatic rings. The molecule has 82 heavy (non-hydrogen) atoms. The van der Waals surface area contributed by atoms with Crippen molar-refractivity contribution in [3.05, 3.63) is 241 Å². The van der Waals surface area contributed by atoms with Crippen LogP contribution in [0.1, 0.15) is 89.0 Å². The van der Waals surface area contributed by atoms with Crippen molar-refractivity contribution in [3.8, 4) is 28.0 Å². The monoisotopic (exact) mass is 1120 g/mol. The van der Waals surface area contributed by atoms with Crippen LogP contribution in [0.2, 0.25) is 0 Å². The van der Waals surface area contributed by atoms with Crippen molar-refractivity contribution in [3.63, 3.8) is 0 Å². The van der Waals surface area contributed by atoms with E-state index in [1.165, 1.54) is 0 Å². The maximum atomic E-state index is 11.7. The molecular formula is C67H60N6O7S2-2. The van der Waals surface area contributed by atoms with Crippen LogP contribution in [0.4, 0.5) is 34.1 Å². The fourth-order valence-corrected chi connectivity index (χ4v) is 13.4. The van der Waals surface area contributed by atoms with Gasteiger partial charge in [0.2, 0.25) is 0 Å². The van der Waals surface area contributed by atoms with Crippen LogP contribution in [0.15, 0.2) is 152 Å². The van der Waals surface area contributed by atoms with Crippen LogP contribution < -0.4 is 32.4 Å². The van der Waals surface area contributed by atoms with Gasteiger partial charge in [0.25, 0.3) is 0 Å². The number of rotatable bonds is 8. The number of phenolic OH excluding ortho intramolecular Hbond substituents is 1. The summed E-state index contributed by atoms with van der Waals surface area (Å²) in [5, 5.41) is 15.4. The van der Waals surface area contributed by atoms with Gasteiger partial charge in [-0.15, -0.1) is 0 Å². The molecule has 10 aromatic carbocycles. The SMILES string of the molecule is Cc1cc(C2(c3cc(C)c(N)c(C)c3)c3cc(NS(=O)[O-])c(O)cc3-c3cc4ccccc4cc32)cc(C)c1N.Cc1cc(C2(c3cc(C)c(N)c(C)c3)c3ccc(NS(=O)[O-])cc3-c3cc4ccccc4cc32)cc(C)c1N.O=C=O. The van der Waals surface area contributed by atoms with Gasteiger partial charge in [0.1, 0.15) is 5.75 Å². The van der Waals surface area contributed by atoms with Crippen LogP contribution in [-0.2, 0) is 43.0 Å². The number of nitrogens with one attached hydrogen (secondary N) is 2. The minimum absolute atomic E-state index is 0.113. The molecule has 2 unspecified atom stereocenters. The lowest BCUT2D eigenvalue weighted by Crippen LogP contribution is -2.29. The number of nitrogens with two attached hydrogens (primary N) is 4. The summed E-state index contributed by atoms with van der Waals surface area (Å²) in [6.07, 6.45) is 0.250. The maximum absolute atomic E-state index is 11.7. The summed E-state index contributed by atoms with van der Waals surface area (Å²) in [4.78, 5) is 16.2. The number of hydrogen-bond donors (Lipinski definition) is 7. The zero-order valence-corrected chi connectivity index (χ0v) is 48.1. The number of hydrogen-bond acceptors (Lipinski definition) is 11. The average Bonchev–Trinajstić information content (AvgIpc) is 1.86. The van der Waals surface area contributed by atoms with Crippen LogP contribution in [0, 0.1) is 55.4 Å². The summed E-state index contributed by atoms with van der Waals surface area (Å²) < 4.78 is 51.4. The summed E-state index contributed by atoms with van der Waals surface area (Å²) >= 11 is -5.05. The largest absolute Gasteiger partial charge is 0.755 e. The van der Waals surface area contributed by atoms with Crippen molar-refractivity contribution in [1.82, 2.24) is 0 Å². The third kappa shape index (κ3) is 9.22. The molecule has 2 aliphatic rings. The first-order chi connectivity index (χ1) is 39.0. The predicted octanol–water partition coefficient (Wildman–Crippen LogP) is 12.7. The Morgan fingerprint density at radius 1 is 0.402 bits per heavy atom. The maximum Gasteiger partial charge on any atom is 0.373 e. The fraction of sp³-hybridized carbons (Fsp3) is 0.149. The first-order valence-electron chi connectivity index (χ1n) is 26.3. The molecule has 0 fully saturated rings. The van der Waals surface area contributed by atoms with Crippen LogP contribution >= 0.6 is 0 Å². The van der Waals surface area contributed by atoms with Crippen LogP contribution in [0.3, 0.4) is 0 Å². The molecule has 0 radical (unpaired) electrons. The first kappa shape index (κ1) is 56.2. The van der Waals surface area contributed by atoms with E-state index < -0.39 is 33.4 Å². The Hall–Kier alpha value is -9.08. The minimum Gasteiger partial charge on any atom is -0.755 e. The van der Waals surface area contributed by atoms with E-state index in [9.17, 15) is 22.6 Å². The molecule has 11 N–H and O–H groups in total. The van der Waals surface area contributed by atoms with Gasteiger partial charge < -0.3 is 46.6 Å². The van der Waals surface area contributed by atoms with Gasteiger partial charge in [-0.05, 0) is 237 Å². The molecule has 0 aliphatic heterocycles. The highest BCUT2D eigenvalue weighted by Crippen LogP contribution is 2.61. The number of nitrogen functional groups attached to an aromatic ring is 4. The van der Waals surface area contributed by atoms with Gasteiger partial charge in [0, 0.05) is 51.0 Å². The van der Waals surface area contributed by atoms with Crippen molar-refractivity contribution < 1.29 is 32.2 Å². The summed E-state index contributed by atoms with van der Waals surface area (Å²) in [7, 11) is 0. The van der Waals surface area contributed by atoms with E-state index in [4.69, 9.17) is 32.5 Å². The quantitative estimate of drug-likeness (QED) is 0.0427. The summed E-state index contributed by atoms with van der Waals surface area (Å²) in [6, 6.07) is 51.9. The van der Waals surface area contributed by atoms with Crippen LogP contribution in [0.25, 0.3) is 43.8 Å². The topological polar surface area (TPSA) is 263 Å². The second-order valence-corrected chi connectivity index (χ2v) is 22.9. The van der Waals surface area contributed by atoms with Crippen molar-refractivity contribution in [2.75, 3.05) is 32.4 Å². The molecule has 15 heteroatoms. The summed E-state index contributed by atoms with van der Waals surface area (Å²) in [5.41, 5.74) is 48.0. The predicted molar refractivity (Wildman–Crippen MR) is 330 cm³/mol. The lowest BCUT2D eigenvalue weighted by molar-refractivity contribution is -0.191. The number of phenols is 1. The second kappa shape index (κ2) is 21.4. The molecule has 0 heterocycles. The molecule has 0 saturated carbocycles. The van der Waals surface area contributed by atoms with Crippen molar-refractivity contribution >= 4 is 84.4 Å². The van der Waals surface area contributed by atoms with Gasteiger partial charge >= 0.3 is 6.15 Å². The highest BCUT2D eigenvalue weighted by Gasteiger charge is 2.49. The number of carbonyl (C=O) groups excluding carboxylic acids is 2. The van der Waals surface area contributed by atoms with Gasteiger partial charge in [-0.1, -0.05) is 103 Å². The van der Waals surface area contributed by atoms with Gasteiger partial charge in [-0.2, -0.15) is 9.59 Å². The van der Waals surface area contributed by atoms with E-state index in [1.807, 2.05) is 85.7 Å². The van der Waals surface area contributed by atoms with E-state index in [2.05, 4.69) is 119 Å². The number of aryl methyl sites for hydroxylation is 8. The molecule has 414 valence electrons. The normalized spacial score (nSPS) is 13.7. The number of aromatic hydroxyl groups is 1.